The van der Waals surface area contributed by atoms with Crippen molar-refractivity contribution in [3.8, 4) is 12.5 Å². The van der Waals surface area contributed by atoms with Crippen LogP contribution in [0.1, 0.15) is 23.7 Å². The normalized spacial score (nSPS) is 11.6. The Labute approximate surface area is 167 Å². The van der Waals surface area contributed by atoms with Gasteiger partial charge in [-0.2, -0.15) is 0 Å². The first-order chi connectivity index (χ1) is 13.7. The van der Waals surface area contributed by atoms with Crippen LogP contribution < -0.4 is 5.32 Å². The lowest BCUT2D eigenvalue weighted by Gasteiger charge is -2.17. The summed E-state index contributed by atoms with van der Waals surface area (Å²) in [5.74, 6) is 0. The third-order valence-electron chi connectivity index (χ3n) is 4.47. The van der Waals surface area contributed by atoms with E-state index in [4.69, 9.17) is 6.42 Å². The lowest BCUT2D eigenvalue weighted by Crippen LogP contribution is -1.99. The van der Waals surface area contributed by atoms with Crippen LogP contribution in [0.15, 0.2) is 103 Å². The van der Waals surface area contributed by atoms with Gasteiger partial charge in [0.1, 0.15) is 0 Å². The molecule has 0 spiro atoms. The van der Waals surface area contributed by atoms with Crippen LogP contribution in [0, 0.1) is 12.5 Å². The van der Waals surface area contributed by atoms with Crippen LogP contribution in [-0.4, -0.2) is 4.98 Å². The number of hydrogen-bond acceptors (Lipinski definition) is 2. The summed E-state index contributed by atoms with van der Waals surface area (Å²) in [5.41, 5.74) is 7.02. The summed E-state index contributed by atoms with van der Waals surface area (Å²) >= 11 is 0. The maximum atomic E-state index is 5.50. The van der Waals surface area contributed by atoms with Gasteiger partial charge < -0.3 is 5.32 Å². The van der Waals surface area contributed by atoms with Crippen molar-refractivity contribution in [2.24, 2.45) is 0 Å². The zero-order chi connectivity index (χ0) is 19.8. The molecular formula is C26H22N2. The zero-order valence-electron chi connectivity index (χ0n) is 15.9. The Morgan fingerprint density at radius 1 is 1.00 bits per heavy atom. The molecule has 1 heterocycles. The number of anilines is 1. The number of allylic oxidation sites excluding steroid dienone is 3. The van der Waals surface area contributed by atoms with Gasteiger partial charge in [-0.05, 0) is 53.5 Å². The molecule has 2 heteroatoms. The Kier molecular flexibility index (Phi) is 6.23. The van der Waals surface area contributed by atoms with Crippen molar-refractivity contribution in [1.29, 1.82) is 0 Å². The predicted molar refractivity (Wildman–Crippen MR) is 119 cm³/mol. The van der Waals surface area contributed by atoms with E-state index in [9.17, 15) is 0 Å². The van der Waals surface area contributed by atoms with Crippen molar-refractivity contribution in [2.45, 2.75) is 6.92 Å². The van der Waals surface area contributed by atoms with Crippen LogP contribution in [0.4, 0.5) is 5.69 Å². The minimum absolute atomic E-state index is 0.893. The second-order valence-corrected chi connectivity index (χ2v) is 6.29. The molecule has 136 valence electrons. The number of para-hydroxylation sites is 1. The van der Waals surface area contributed by atoms with E-state index in [-0.39, 0.29) is 0 Å². The van der Waals surface area contributed by atoms with Crippen LogP contribution in [0.2, 0.25) is 0 Å². The molecule has 3 aromatic rings. The average molecular weight is 362 g/mol. The number of nitrogens with one attached hydrogen (secondary N) is 1. The molecule has 0 aliphatic carbocycles. The molecule has 0 atom stereocenters. The molecule has 2 aromatic carbocycles. The minimum Gasteiger partial charge on any atom is -0.315 e. The lowest BCUT2D eigenvalue weighted by molar-refractivity contribution is 1.29. The molecule has 0 fully saturated rings. The van der Waals surface area contributed by atoms with E-state index < -0.39 is 0 Å². The van der Waals surface area contributed by atoms with Gasteiger partial charge >= 0.3 is 0 Å². The predicted octanol–water partition coefficient (Wildman–Crippen LogP) is 6.18. The Morgan fingerprint density at radius 3 is 2.43 bits per heavy atom. The molecule has 28 heavy (non-hydrogen) atoms. The number of aromatic nitrogens is 1. The first kappa shape index (κ1) is 18.9. The first-order valence-corrected chi connectivity index (χ1v) is 9.06. The number of terminal acetylenes is 1. The quantitative estimate of drug-likeness (QED) is 0.322. The van der Waals surface area contributed by atoms with Crippen molar-refractivity contribution in [3.63, 3.8) is 0 Å². The second-order valence-electron chi connectivity index (χ2n) is 6.29. The van der Waals surface area contributed by atoms with Gasteiger partial charge in [-0.3, -0.25) is 4.98 Å². The highest BCUT2D eigenvalue weighted by atomic mass is 14.8. The molecule has 0 aliphatic rings. The first-order valence-electron chi connectivity index (χ1n) is 9.06. The summed E-state index contributed by atoms with van der Waals surface area (Å²) in [6.45, 7) is 6.37. The molecule has 3 rings (SSSR count). The smallest absolute Gasteiger partial charge is 0.0629 e. The summed E-state index contributed by atoms with van der Waals surface area (Å²) in [4.78, 5) is 4.33. The van der Waals surface area contributed by atoms with Gasteiger partial charge in [0.25, 0.3) is 0 Å². The van der Waals surface area contributed by atoms with Gasteiger partial charge in [0.15, 0.2) is 0 Å². The second kappa shape index (κ2) is 9.21. The number of rotatable bonds is 6. The largest absolute Gasteiger partial charge is 0.315 e. The summed E-state index contributed by atoms with van der Waals surface area (Å²) in [6.07, 6.45) is 11.3. The monoisotopic (exact) mass is 362 g/mol. The molecule has 1 aromatic heterocycles. The Bertz CT molecular complexity index is 1050. The molecule has 0 saturated carbocycles. The summed E-state index contributed by atoms with van der Waals surface area (Å²) in [5, 5.41) is 3.01. The summed E-state index contributed by atoms with van der Waals surface area (Å²) < 4.78 is 0. The van der Waals surface area contributed by atoms with E-state index >= 15 is 0 Å². The number of hydrogen-bond donors (Lipinski definition) is 1. The van der Waals surface area contributed by atoms with Crippen molar-refractivity contribution in [3.05, 3.63) is 120 Å². The van der Waals surface area contributed by atoms with Crippen LogP contribution in [0.25, 0.3) is 11.6 Å². The van der Waals surface area contributed by atoms with Crippen molar-refractivity contribution < 1.29 is 0 Å². The van der Waals surface area contributed by atoms with E-state index in [1.807, 2.05) is 66.7 Å². The van der Waals surface area contributed by atoms with E-state index in [1.54, 1.807) is 6.20 Å². The average Bonchev–Trinajstić information content (AvgIpc) is 2.75. The van der Waals surface area contributed by atoms with Gasteiger partial charge in [-0.1, -0.05) is 73.7 Å². The molecule has 0 saturated heterocycles. The SMILES string of the molecule is C#CNc1ccccc1/C(=C(\C)C(=C)/C=C/c1ccccn1)c1ccccc1. The Hall–Kier alpha value is -3.83. The lowest BCUT2D eigenvalue weighted by atomic mass is 9.89. The van der Waals surface area contributed by atoms with Crippen LogP contribution in [0.3, 0.4) is 0 Å². The molecule has 1 N–H and O–H groups in total. The molecule has 0 aliphatic heterocycles. The molecular weight excluding hydrogens is 340 g/mol. The third kappa shape index (κ3) is 4.47. The minimum atomic E-state index is 0.893. The number of nitrogens with zero attached hydrogens (tertiary/aromatic N) is 1. The molecule has 0 amide bonds. The van der Waals surface area contributed by atoms with Crippen LogP contribution in [-0.2, 0) is 0 Å². The van der Waals surface area contributed by atoms with Gasteiger partial charge in [0, 0.05) is 17.8 Å². The third-order valence-corrected chi connectivity index (χ3v) is 4.47. The van der Waals surface area contributed by atoms with E-state index in [1.165, 1.54) is 0 Å². The van der Waals surface area contributed by atoms with Gasteiger partial charge in [-0.25, -0.2) is 0 Å². The number of benzene rings is 2. The topological polar surface area (TPSA) is 24.9 Å². The molecule has 2 nitrogen and oxygen atoms in total. The zero-order valence-corrected chi connectivity index (χ0v) is 15.9. The standard InChI is InChI=1S/C26H22N2/c1-4-27-25-16-9-8-15-24(25)26(22-12-6-5-7-13-22)21(3)20(2)17-18-23-14-10-11-19-28-23/h1,5-19,27H,2H2,3H3/b18-17+,26-21+. The fraction of sp³-hybridized carbons (Fsp3) is 0.0385. The molecule has 0 bridgehead atoms. The van der Waals surface area contributed by atoms with Crippen molar-refractivity contribution >= 4 is 17.3 Å². The van der Waals surface area contributed by atoms with E-state index in [0.717, 1.165) is 39.2 Å². The van der Waals surface area contributed by atoms with Crippen molar-refractivity contribution in [2.75, 3.05) is 5.32 Å². The Morgan fingerprint density at radius 2 is 1.71 bits per heavy atom. The van der Waals surface area contributed by atoms with Gasteiger partial charge in [-0.15, -0.1) is 0 Å². The highest BCUT2D eigenvalue weighted by molar-refractivity contribution is 5.90. The molecule has 0 unspecified atom stereocenters. The van der Waals surface area contributed by atoms with Crippen LogP contribution >= 0.6 is 0 Å². The molecule has 0 radical (unpaired) electrons. The highest BCUT2D eigenvalue weighted by Crippen LogP contribution is 2.34. The fourth-order valence-electron chi connectivity index (χ4n) is 3.01. The van der Waals surface area contributed by atoms with Crippen LogP contribution in [0.5, 0.6) is 0 Å². The van der Waals surface area contributed by atoms with E-state index in [0.29, 0.717) is 0 Å². The maximum absolute atomic E-state index is 5.50. The Balaban J connectivity index is 2.10. The van der Waals surface area contributed by atoms with Crippen molar-refractivity contribution in [1.82, 2.24) is 4.98 Å². The van der Waals surface area contributed by atoms with E-state index in [2.05, 4.69) is 48.0 Å². The summed E-state index contributed by atoms with van der Waals surface area (Å²) in [6, 6.07) is 26.7. The summed E-state index contributed by atoms with van der Waals surface area (Å²) in [7, 11) is 0. The van der Waals surface area contributed by atoms with Gasteiger partial charge in [0.05, 0.1) is 11.4 Å². The maximum Gasteiger partial charge on any atom is 0.0629 e. The fourth-order valence-corrected chi connectivity index (χ4v) is 3.01. The number of pyridine rings is 1. The highest BCUT2D eigenvalue weighted by Gasteiger charge is 2.13. The van der Waals surface area contributed by atoms with Gasteiger partial charge in [0.2, 0.25) is 0 Å².